The van der Waals surface area contributed by atoms with Crippen molar-refractivity contribution in [2.24, 2.45) is 5.16 Å². The van der Waals surface area contributed by atoms with Crippen LogP contribution in [0, 0.1) is 6.92 Å². The van der Waals surface area contributed by atoms with Crippen LogP contribution in [0.25, 0.3) is 0 Å². The molecule has 15 heteroatoms. The van der Waals surface area contributed by atoms with Crippen LogP contribution < -0.4 is 10.8 Å². The van der Waals surface area contributed by atoms with E-state index in [2.05, 4.69) is 9.99 Å². The molecule has 194 valence electrons. The summed E-state index contributed by atoms with van der Waals surface area (Å²) in [7, 11) is 0. The smallest absolute Gasteiger partial charge is 0.374 e. The second-order valence-electron chi connectivity index (χ2n) is 7.61. The summed E-state index contributed by atoms with van der Waals surface area (Å²) in [6.07, 6.45) is -11.8. The Labute approximate surface area is 209 Å². The highest BCUT2D eigenvalue weighted by atomic mass is 35.5. The van der Waals surface area contributed by atoms with Crippen LogP contribution >= 0.6 is 23.2 Å². The molecule has 0 bridgehead atoms. The predicted molar refractivity (Wildman–Crippen MR) is 116 cm³/mol. The fourth-order valence-corrected chi connectivity index (χ4v) is 3.83. The van der Waals surface area contributed by atoms with E-state index in [1.165, 1.54) is 36.5 Å². The first-order valence-corrected chi connectivity index (χ1v) is 10.6. The Morgan fingerprint density at radius 1 is 1.08 bits per heavy atom. The van der Waals surface area contributed by atoms with Gasteiger partial charge in [0, 0.05) is 27.6 Å². The lowest BCUT2D eigenvalue weighted by atomic mass is 9.86. The standard InChI is InChI=1S/C21H15Cl2F6N3O4/c1-10-4-11(2-3-15(10)17(33)32-35-18(34)30-9-20(24,25)26)16-8-19(36-31-16,21(27,28)29)12-5-13(22)7-14(23)6-12/h2-7H,8-9H2,1H3,(H,30,34)(H,32,33). The van der Waals surface area contributed by atoms with Gasteiger partial charge in [0.05, 0.1) is 5.71 Å². The average molecular weight is 558 g/mol. The maximum atomic E-state index is 14.1. The Morgan fingerprint density at radius 3 is 2.28 bits per heavy atom. The highest BCUT2D eigenvalue weighted by molar-refractivity contribution is 6.34. The molecule has 0 spiro atoms. The fraction of sp³-hybridized carbons (Fsp3) is 0.286. The van der Waals surface area contributed by atoms with Crippen molar-refractivity contribution in [2.45, 2.75) is 31.3 Å². The molecule has 1 heterocycles. The van der Waals surface area contributed by atoms with Gasteiger partial charge >= 0.3 is 18.4 Å². The van der Waals surface area contributed by atoms with Crippen molar-refractivity contribution in [1.82, 2.24) is 10.8 Å². The summed E-state index contributed by atoms with van der Waals surface area (Å²) in [5.41, 5.74) is -1.22. The quantitative estimate of drug-likeness (QED) is 0.366. The molecule has 0 saturated heterocycles. The summed E-state index contributed by atoms with van der Waals surface area (Å²) in [4.78, 5) is 32.6. The first kappa shape index (κ1) is 27.4. The fourth-order valence-electron chi connectivity index (χ4n) is 3.30. The molecule has 1 unspecified atom stereocenters. The Hall–Kier alpha value is -3.19. The number of hydrogen-bond acceptors (Lipinski definition) is 5. The van der Waals surface area contributed by atoms with E-state index in [1.54, 1.807) is 5.48 Å². The van der Waals surface area contributed by atoms with Crippen LogP contribution in [-0.2, 0) is 15.3 Å². The van der Waals surface area contributed by atoms with E-state index in [1.807, 2.05) is 0 Å². The van der Waals surface area contributed by atoms with Gasteiger partial charge in [-0.2, -0.15) is 31.8 Å². The lowest BCUT2D eigenvalue weighted by molar-refractivity contribution is -0.275. The number of hydroxylamine groups is 1. The molecular weight excluding hydrogens is 543 g/mol. The van der Waals surface area contributed by atoms with E-state index < -0.39 is 42.9 Å². The molecule has 0 saturated carbocycles. The third kappa shape index (κ3) is 6.13. The van der Waals surface area contributed by atoms with Crippen LogP contribution in [0.5, 0.6) is 0 Å². The molecule has 2 amide bonds. The Bertz CT molecular complexity index is 1200. The van der Waals surface area contributed by atoms with Crippen molar-refractivity contribution in [3.05, 3.63) is 68.7 Å². The minimum atomic E-state index is -4.90. The molecule has 2 aromatic carbocycles. The molecule has 7 nitrogen and oxygen atoms in total. The molecule has 2 N–H and O–H groups in total. The second-order valence-corrected chi connectivity index (χ2v) is 8.48. The third-order valence-electron chi connectivity index (χ3n) is 4.99. The summed E-state index contributed by atoms with van der Waals surface area (Å²) in [5, 5.41) is 4.95. The molecule has 0 aromatic heterocycles. The maximum Gasteiger partial charge on any atom is 0.435 e. The van der Waals surface area contributed by atoms with Crippen LogP contribution in [0.4, 0.5) is 31.1 Å². The topological polar surface area (TPSA) is 89.0 Å². The van der Waals surface area contributed by atoms with Crippen LogP contribution in [0.15, 0.2) is 41.6 Å². The van der Waals surface area contributed by atoms with E-state index >= 15 is 0 Å². The highest BCUT2D eigenvalue weighted by Crippen LogP contribution is 2.49. The van der Waals surface area contributed by atoms with E-state index in [0.717, 1.165) is 12.1 Å². The minimum Gasteiger partial charge on any atom is -0.374 e. The van der Waals surface area contributed by atoms with Gasteiger partial charge in [0.1, 0.15) is 6.54 Å². The van der Waals surface area contributed by atoms with Gasteiger partial charge in [0.2, 0.25) is 0 Å². The zero-order valence-electron chi connectivity index (χ0n) is 18.0. The van der Waals surface area contributed by atoms with Gasteiger partial charge in [-0.3, -0.25) is 4.79 Å². The third-order valence-corrected chi connectivity index (χ3v) is 5.43. The monoisotopic (exact) mass is 557 g/mol. The normalized spacial score (nSPS) is 17.8. The summed E-state index contributed by atoms with van der Waals surface area (Å²) in [5.74, 6) is -0.982. The van der Waals surface area contributed by atoms with Crippen molar-refractivity contribution >= 4 is 40.9 Å². The van der Waals surface area contributed by atoms with Crippen molar-refractivity contribution < 1.29 is 45.6 Å². The van der Waals surface area contributed by atoms with Gasteiger partial charge in [-0.05, 0) is 48.4 Å². The summed E-state index contributed by atoms with van der Waals surface area (Å²) < 4.78 is 78.7. The number of nitrogens with one attached hydrogen (secondary N) is 2. The molecule has 2 aromatic rings. The Balaban J connectivity index is 1.75. The molecule has 0 fully saturated rings. The lowest BCUT2D eigenvalue weighted by Gasteiger charge is -2.29. The minimum absolute atomic E-state index is 0.0290. The molecule has 1 aliphatic rings. The Morgan fingerprint density at radius 2 is 1.72 bits per heavy atom. The molecule has 0 aliphatic carbocycles. The largest absolute Gasteiger partial charge is 0.435 e. The van der Waals surface area contributed by atoms with Crippen LogP contribution in [-0.4, -0.2) is 36.6 Å². The van der Waals surface area contributed by atoms with Gasteiger partial charge in [-0.15, -0.1) is 0 Å². The lowest BCUT2D eigenvalue weighted by Crippen LogP contribution is -2.42. The molecule has 3 rings (SSSR count). The van der Waals surface area contributed by atoms with Gasteiger partial charge < -0.3 is 15.0 Å². The number of nitrogens with zero attached hydrogens (tertiary/aromatic N) is 1. The molecule has 1 atom stereocenters. The molecule has 36 heavy (non-hydrogen) atoms. The van der Waals surface area contributed by atoms with Gasteiger partial charge in [-0.25, -0.2) is 4.79 Å². The van der Waals surface area contributed by atoms with E-state index in [4.69, 9.17) is 28.0 Å². The number of carbonyl (C=O) groups excluding carboxylic acids is 2. The number of carbonyl (C=O) groups is 2. The Kier molecular flexibility index (Phi) is 7.65. The maximum absolute atomic E-state index is 14.1. The number of rotatable bonds is 4. The number of hydrogen-bond donors (Lipinski definition) is 2. The number of alkyl halides is 6. The number of halogens is 8. The second kappa shape index (κ2) is 10.1. The zero-order valence-corrected chi connectivity index (χ0v) is 19.5. The highest BCUT2D eigenvalue weighted by Gasteiger charge is 2.62. The zero-order chi connectivity index (χ0) is 26.9. The summed E-state index contributed by atoms with van der Waals surface area (Å²) in [6, 6.07) is 7.25. The van der Waals surface area contributed by atoms with Crippen molar-refractivity contribution in [3.8, 4) is 0 Å². The van der Waals surface area contributed by atoms with Gasteiger partial charge in [0.25, 0.3) is 11.5 Å². The van der Waals surface area contributed by atoms with Crippen LogP contribution in [0.3, 0.4) is 0 Å². The van der Waals surface area contributed by atoms with Crippen molar-refractivity contribution in [1.29, 1.82) is 0 Å². The summed E-state index contributed by atoms with van der Waals surface area (Å²) in [6.45, 7) is -0.229. The van der Waals surface area contributed by atoms with E-state index in [-0.39, 0.29) is 38.0 Å². The number of oxime groups is 1. The van der Waals surface area contributed by atoms with Gasteiger partial charge in [0.15, 0.2) is 0 Å². The SMILES string of the molecule is Cc1cc(C2=NOC(c3cc(Cl)cc(Cl)c3)(C(F)(F)F)C2)ccc1C(=O)NOC(=O)NCC(F)(F)F. The summed E-state index contributed by atoms with van der Waals surface area (Å²) >= 11 is 11.8. The first-order valence-electron chi connectivity index (χ1n) is 9.82. The number of aryl methyl sites for hydroxylation is 1. The average Bonchev–Trinajstić information content (AvgIpc) is 3.22. The van der Waals surface area contributed by atoms with Crippen LogP contribution in [0.2, 0.25) is 10.0 Å². The van der Waals surface area contributed by atoms with Gasteiger partial charge in [-0.1, -0.05) is 34.4 Å². The van der Waals surface area contributed by atoms with E-state index in [0.29, 0.717) is 0 Å². The van der Waals surface area contributed by atoms with Crippen molar-refractivity contribution in [2.75, 3.05) is 6.54 Å². The predicted octanol–water partition coefficient (Wildman–Crippen LogP) is 5.82. The molecule has 0 radical (unpaired) electrons. The number of amides is 2. The first-order chi connectivity index (χ1) is 16.6. The molecule has 1 aliphatic heterocycles. The van der Waals surface area contributed by atoms with E-state index in [9.17, 15) is 35.9 Å². The molecular formula is C21H15Cl2F6N3O4. The number of benzene rings is 2. The van der Waals surface area contributed by atoms with Crippen LogP contribution in [0.1, 0.15) is 33.5 Å². The van der Waals surface area contributed by atoms with Crippen molar-refractivity contribution in [3.63, 3.8) is 0 Å².